The Morgan fingerprint density at radius 2 is 1.71 bits per heavy atom. The summed E-state index contributed by atoms with van der Waals surface area (Å²) >= 11 is 0. The van der Waals surface area contributed by atoms with Crippen LogP contribution in [0, 0.1) is 0 Å². The lowest BCUT2D eigenvalue weighted by atomic mass is 9.83. The minimum atomic E-state index is -0.545. The van der Waals surface area contributed by atoms with Gasteiger partial charge in [0.1, 0.15) is 0 Å². The third-order valence-electron chi connectivity index (χ3n) is 5.56. The molecule has 0 saturated heterocycles. The Kier molecular flexibility index (Phi) is 6.59. The topological polar surface area (TPSA) is 75.7 Å². The maximum absolute atomic E-state index is 12.6. The monoisotopic (exact) mass is 420 g/mol. The van der Waals surface area contributed by atoms with Gasteiger partial charge in [-0.1, -0.05) is 62.4 Å². The lowest BCUT2D eigenvalue weighted by molar-refractivity contribution is -0.147. The van der Waals surface area contributed by atoms with Gasteiger partial charge in [0.15, 0.2) is 12.4 Å². The molecule has 6 nitrogen and oxygen atoms in total. The van der Waals surface area contributed by atoms with Crippen molar-refractivity contribution in [3.05, 3.63) is 77.5 Å². The zero-order valence-electron chi connectivity index (χ0n) is 18.3. The third-order valence-corrected chi connectivity index (χ3v) is 5.56. The van der Waals surface area contributed by atoms with Gasteiger partial charge in [-0.15, -0.1) is 0 Å². The smallest absolute Gasteiger partial charge is 0.308 e. The molecule has 1 N–H and O–H groups in total. The van der Waals surface area contributed by atoms with E-state index in [1.54, 1.807) is 6.08 Å². The fourth-order valence-electron chi connectivity index (χ4n) is 4.01. The van der Waals surface area contributed by atoms with E-state index in [2.05, 4.69) is 25.2 Å². The van der Waals surface area contributed by atoms with Crippen LogP contribution >= 0.6 is 0 Å². The number of ketones is 1. The van der Waals surface area contributed by atoms with E-state index in [9.17, 15) is 14.4 Å². The van der Waals surface area contributed by atoms with E-state index < -0.39 is 12.0 Å². The van der Waals surface area contributed by atoms with Crippen LogP contribution in [-0.2, 0) is 24.5 Å². The zero-order chi connectivity index (χ0) is 22.6. The number of carbonyl (C=O) groups excluding carboxylic acids is 3. The molecule has 1 unspecified atom stereocenters. The number of hydrogen-bond acceptors (Lipinski definition) is 5. The number of hydrogen-bond donors (Lipinski definition) is 1. The summed E-state index contributed by atoms with van der Waals surface area (Å²) in [5, 5.41) is 2.76. The van der Waals surface area contributed by atoms with Gasteiger partial charge in [0.05, 0.1) is 12.5 Å². The Labute approximate surface area is 182 Å². The highest BCUT2D eigenvalue weighted by molar-refractivity contribution is 5.94. The Bertz CT molecular complexity index is 1010. The van der Waals surface area contributed by atoms with Gasteiger partial charge in [0.25, 0.3) is 0 Å². The second kappa shape index (κ2) is 9.16. The number of amides is 1. The molecule has 0 spiro atoms. The molecule has 1 amide bonds. The predicted molar refractivity (Wildman–Crippen MR) is 120 cm³/mol. The molecule has 1 aliphatic heterocycles. The molecule has 0 aliphatic carbocycles. The molecular formula is C25H28N2O4. The fourth-order valence-corrected chi connectivity index (χ4v) is 4.01. The zero-order valence-corrected chi connectivity index (χ0v) is 18.3. The average molecular weight is 421 g/mol. The van der Waals surface area contributed by atoms with Crippen LogP contribution in [0.5, 0.6) is 0 Å². The van der Waals surface area contributed by atoms with Crippen molar-refractivity contribution in [1.82, 2.24) is 5.32 Å². The summed E-state index contributed by atoms with van der Waals surface area (Å²) in [5.41, 5.74) is 3.54. The molecule has 3 rings (SSSR count). The van der Waals surface area contributed by atoms with Crippen molar-refractivity contribution in [2.24, 2.45) is 0 Å². The Hall–Kier alpha value is -3.41. The van der Waals surface area contributed by atoms with Gasteiger partial charge in [-0.25, -0.2) is 0 Å². The van der Waals surface area contributed by atoms with Crippen LogP contribution in [-0.4, -0.2) is 31.3 Å². The maximum atomic E-state index is 12.6. The number of nitrogens with one attached hydrogen (secondary N) is 1. The van der Waals surface area contributed by atoms with Crippen LogP contribution in [0.25, 0.3) is 0 Å². The Balaban J connectivity index is 1.64. The van der Waals surface area contributed by atoms with Crippen LogP contribution in [0.4, 0.5) is 5.69 Å². The lowest BCUT2D eigenvalue weighted by Gasteiger charge is -2.24. The molecule has 2 aromatic carbocycles. The number of fused-ring (bicyclic) bond motifs is 1. The van der Waals surface area contributed by atoms with E-state index >= 15 is 0 Å². The van der Waals surface area contributed by atoms with E-state index in [1.807, 2.05) is 60.5 Å². The summed E-state index contributed by atoms with van der Waals surface area (Å²) in [7, 11) is 1.93. The van der Waals surface area contributed by atoms with E-state index in [1.165, 1.54) is 6.92 Å². The Morgan fingerprint density at radius 1 is 1.06 bits per heavy atom. The van der Waals surface area contributed by atoms with Gasteiger partial charge in [-0.05, 0) is 17.2 Å². The van der Waals surface area contributed by atoms with Crippen molar-refractivity contribution >= 4 is 23.3 Å². The van der Waals surface area contributed by atoms with E-state index in [4.69, 9.17) is 4.74 Å². The standard InChI is InChI=1S/C25H28N2O4/c1-17(28)26-21(18-10-6-5-7-11-18)15-24(30)31-16-19(29)14-23-25(2,3)20-12-8-9-13-22(20)27(23)4/h5-14,21H,15-16H2,1-4H3,(H,26,28)/b23-14+. The van der Waals surface area contributed by atoms with Gasteiger partial charge in [-0.2, -0.15) is 0 Å². The molecule has 1 aliphatic rings. The third kappa shape index (κ3) is 5.02. The molecule has 0 radical (unpaired) electrons. The molecule has 2 aromatic rings. The van der Waals surface area contributed by atoms with Crippen LogP contribution in [0.1, 0.15) is 44.4 Å². The highest BCUT2D eigenvalue weighted by Gasteiger charge is 2.38. The summed E-state index contributed by atoms with van der Waals surface area (Å²) in [6.07, 6.45) is 1.50. The van der Waals surface area contributed by atoms with E-state index in [-0.39, 0.29) is 30.1 Å². The number of nitrogens with zero attached hydrogens (tertiary/aromatic N) is 1. The number of likely N-dealkylation sites (N-methyl/N-ethyl adjacent to an activating group) is 1. The normalized spacial score (nSPS) is 16.5. The molecular weight excluding hydrogens is 392 g/mol. The van der Waals surface area contributed by atoms with Gasteiger partial charge < -0.3 is 15.0 Å². The summed E-state index contributed by atoms with van der Waals surface area (Å²) < 4.78 is 5.23. The van der Waals surface area contributed by atoms with Crippen molar-refractivity contribution in [1.29, 1.82) is 0 Å². The SMILES string of the molecule is CC(=O)NC(CC(=O)OCC(=O)/C=C1/N(C)c2ccccc2C1(C)C)c1ccccc1. The summed E-state index contributed by atoms with van der Waals surface area (Å²) in [5.74, 6) is -1.07. The highest BCUT2D eigenvalue weighted by atomic mass is 16.5. The number of allylic oxidation sites excluding steroid dienone is 1. The van der Waals surface area contributed by atoms with Crippen LogP contribution in [0.2, 0.25) is 0 Å². The average Bonchev–Trinajstić information content (AvgIpc) is 2.93. The maximum Gasteiger partial charge on any atom is 0.308 e. The van der Waals surface area contributed by atoms with E-state index in [0.717, 1.165) is 22.5 Å². The number of anilines is 1. The van der Waals surface area contributed by atoms with E-state index in [0.29, 0.717) is 0 Å². The molecule has 0 aromatic heterocycles. The van der Waals surface area contributed by atoms with Crippen LogP contribution in [0.15, 0.2) is 66.4 Å². The van der Waals surface area contributed by atoms with Crippen molar-refractivity contribution in [2.75, 3.05) is 18.6 Å². The first-order valence-electron chi connectivity index (χ1n) is 10.3. The van der Waals surface area contributed by atoms with Crippen molar-refractivity contribution in [3.63, 3.8) is 0 Å². The molecule has 1 heterocycles. The van der Waals surface area contributed by atoms with Crippen LogP contribution in [0.3, 0.4) is 0 Å². The summed E-state index contributed by atoms with van der Waals surface area (Å²) in [4.78, 5) is 38.5. The molecule has 0 bridgehead atoms. The number of benzene rings is 2. The Morgan fingerprint density at radius 3 is 2.35 bits per heavy atom. The molecule has 1 atom stereocenters. The number of ether oxygens (including phenoxy) is 1. The molecule has 162 valence electrons. The first-order chi connectivity index (χ1) is 14.7. The second-order valence-electron chi connectivity index (χ2n) is 8.23. The van der Waals surface area contributed by atoms with Gasteiger partial charge in [0, 0.05) is 36.8 Å². The molecule has 0 saturated carbocycles. The van der Waals surface area contributed by atoms with Gasteiger partial charge in [-0.3, -0.25) is 14.4 Å². The predicted octanol–water partition coefficient (Wildman–Crippen LogP) is 3.68. The first-order valence-corrected chi connectivity index (χ1v) is 10.3. The minimum Gasteiger partial charge on any atom is -0.457 e. The summed E-state index contributed by atoms with van der Waals surface area (Å²) in [6, 6.07) is 16.7. The van der Waals surface area contributed by atoms with Gasteiger partial charge >= 0.3 is 5.97 Å². The second-order valence-corrected chi connectivity index (χ2v) is 8.23. The van der Waals surface area contributed by atoms with Crippen molar-refractivity contribution in [2.45, 2.75) is 38.6 Å². The van der Waals surface area contributed by atoms with Gasteiger partial charge in [0.2, 0.25) is 5.91 Å². The van der Waals surface area contributed by atoms with Crippen molar-refractivity contribution < 1.29 is 19.1 Å². The minimum absolute atomic E-state index is 0.0513. The first kappa shape index (κ1) is 22.3. The number of carbonyl (C=O) groups is 3. The van der Waals surface area contributed by atoms with Crippen LogP contribution < -0.4 is 10.2 Å². The largest absolute Gasteiger partial charge is 0.457 e. The fraction of sp³-hybridized carbons (Fsp3) is 0.320. The summed E-state index contributed by atoms with van der Waals surface area (Å²) in [6.45, 7) is 5.19. The molecule has 6 heteroatoms. The highest BCUT2D eigenvalue weighted by Crippen LogP contribution is 2.46. The number of rotatable bonds is 7. The number of para-hydroxylation sites is 1. The molecule has 0 fully saturated rings. The van der Waals surface area contributed by atoms with Crippen molar-refractivity contribution in [3.8, 4) is 0 Å². The quantitative estimate of drug-likeness (QED) is 0.546. The lowest BCUT2D eigenvalue weighted by Crippen LogP contribution is -2.29. The molecule has 31 heavy (non-hydrogen) atoms. The number of esters is 1.